The lowest BCUT2D eigenvalue weighted by Gasteiger charge is -2.11. The normalized spacial score (nSPS) is 15.2. The zero-order valence-electron chi connectivity index (χ0n) is 10.9. The summed E-state index contributed by atoms with van der Waals surface area (Å²) >= 11 is 0. The molecule has 0 saturated heterocycles. The van der Waals surface area contributed by atoms with Gasteiger partial charge in [0.05, 0.1) is 6.54 Å². The van der Waals surface area contributed by atoms with Crippen molar-refractivity contribution in [1.29, 1.82) is 0 Å². The van der Waals surface area contributed by atoms with Gasteiger partial charge >= 0.3 is 0 Å². The van der Waals surface area contributed by atoms with Crippen molar-refractivity contribution >= 4 is 28.3 Å². The maximum Gasteiger partial charge on any atom is 0.253 e. The van der Waals surface area contributed by atoms with Gasteiger partial charge in [-0.1, -0.05) is 18.2 Å². The number of nitrogens with zero attached hydrogens (tertiary/aromatic N) is 1. The Kier molecular flexibility index (Phi) is 2.52. The van der Waals surface area contributed by atoms with E-state index in [0.717, 1.165) is 27.7 Å². The summed E-state index contributed by atoms with van der Waals surface area (Å²) in [7, 11) is 0. The molecule has 0 unspecified atom stereocenters. The highest BCUT2D eigenvalue weighted by atomic mass is 16.2. The summed E-state index contributed by atoms with van der Waals surface area (Å²) in [6, 6.07) is 7.97. The molecule has 0 fully saturated rings. The van der Waals surface area contributed by atoms with E-state index in [0.29, 0.717) is 6.54 Å². The molecule has 4 heteroatoms. The lowest BCUT2D eigenvalue weighted by Crippen LogP contribution is -2.30. The molecular weight excluding hydrogens is 240 g/mol. The summed E-state index contributed by atoms with van der Waals surface area (Å²) < 4.78 is 0. The van der Waals surface area contributed by atoms with Crippen LogP contribution in [0.5, 0.6) is 0 Å². The second-order valence-corrected chi connectivity index (χ2v) is 4.78. The molecule has 0 spiro atoms. The van der Waals surface area contributed by atoms with E-state index < -0.39 is 0 Å². The zero-order valence-corrected chi connectivity index (χ0v) is 10.9. The van der Waals surface area contributed by atoms with Crippen LogP contribution in [0.1, 0.15) is 18.2 Å². The quantitative estimate of drug-likeness (QED) is 0.848. The minimum atomic E-state index is -0.229. The number of carbonyl (C=O) groups is 2. The summed E-state index contributed by atoms with van der Waals surface area (Å²) in [4.78, 5) is 27.7. The van der Waals surface area contributed by atoms with Crippen LogP contribution in [-0.2, 0) is 9.59 Å². The summed E-state index contributed by atoms with van der Waals surface area (Å²) in [5, 5.41) is 1.09. The van der Waals surface area contributed by atoms with Crippen LogP contribution in [0.25, 0.3) is 16.5 Å². The Hall–Kier alpha value is -2.36. The monoisotopic (exact) mass is 254 g/mol. The average Bonchev–Trinajstić information content (AvgIpc) is 2.88. The average molecular weight is 254 g/mol. The van der Waals surface area contributed by atoms with E-state index in [2.05, 4.69) is 4.98 Å². The van der Waals surface area contributed by atoms with Gasteiger partial charge in [0.25, 0.3) is 5.91 Å². The molecular formula is C15H14N2O2. The highest BCUT2D eigenvalue weighted by molar-refractivity contribution is 6.11. The summed E-state index contributed by atoms with van der Waals surface area (Å²) in [5.41, 5.74) is 4.00. The maximum atomic E-state index is 11.8. The maximum absolute atomic E-state index is 11.8. The number of nitrogens with one attached hydrogen (secondary N) is 1. The van der Waals surface area contributed by atoms with Crippen molar-refractivity contribution in [2.75, 3.05) is 6.54 Å². The van der Waals surface area contributed by atoms with Crippen LogP contribution in [-0.4, -0.2) is 28.2 Å². The van der Waals surface area contributed by atoms with Crippen LogP contribution in [0.3, 0.4) is 0 Å². The lowest BCUT2D eigenvalue weighted by molar-refractivity contribution is -0.138. The molecule has 0 atom stereocenters. The number of aryl methyl sites for hydroxylation is 1. The Labute approximate surface area is 110 Å². The molecule has 96 valence electrons. The molecule has 2 amide bonds. The molecule has 2 aromatic rings. The second kappa shape index (κ2) is 4.09. The number of carbonyl (C=O) groups excluding carboxylic acids is 2. The second-order valence-electron chi connectivity index (χ2n) is 4.78. The summed E-state index contributed by atoms with van der Waals surface area (Å²) in [5.74, 6) is -0.444. The molecule has 1 aromatic heterocycles. The number of fused-ring (bicyclic) bond motifs is 1. The predicted octanol–water partition coefficient (Wildman–Crippen LogP) is 2.25. The number of para-hydroxylation sites is 1. The van der Waals surface area contributed by atoms with E-state index in [1.807, 2.05) is 31.2 Å². The summed E-state index contributed by atoms with van der Waals surface area (Å²) in [6.07, 6.45) is 1.56. The van der Waals surface area contributed by atoms with Gasteiger partial charge in [-0.05, 0) is 18.6 Å². The molecule has 1 aromatic carbocycles. The third-order valence-corrected chi connectivity index (χ3v) is 3.49. The topological polar surface area (TPSA) is 53.2 Å². The number of aromatic nitrogens is 1. The van der Waals surface area contributed by atoms with Crippen LogP contribution < -0.4 is 0 Å². The third-order valence-electron chi connectivity index (χ3n) is 3.49. The van der Waals surface area contributed by atoms with E-state index in [1.54, 1.807) is 6.08 Å². The Balaban J connectivity index is 2.12. The molecule has 1 aliphatic heterocycles. The number of rotatable bonds is 1. The molecule has 4 nitrogen and oxygen atoms in total. The van der Waals surface area contributed by atoms with E-state index >= 15 is 0 Å². The van der Waals surface area contributed by atoms with Crippen molar-refractivity contribution in [3.63, 3.8) is 0 Å². The highest BCUT2D eigenvalue weighted by Crippen LogP contribution is 2.31. The van der Waals surface area contributed by atoms with Crippen LogP contribution in [0.2, 0.25) is 0 Å². The van der Waals surface area contributed by atoms with Crippen molar-refractivity contribution in [2.45, 2.75) is 13.8 Å². The Morgan fingerprint density at radius 2 is 2.05 bits per heavy atom. The van der Waals surface area contributed by atoms with Crippen LogP contribution >= 0.6 is 0 Å². The van der Waals surface area contributed by atoms with E-state index in [4.69, 9.17) is 0 Å². The first kappa shape index (κ1) is 11.7. The van der Waals surface area contributed by atoms with Gasteiger partial charge < -0.3 is 4.98 Å². The minimum absolute atomic E-state index is 0.214. The minimum Gasteiger partial charge on any atom is -0.358 e. The fourth-order valence-electron chi connectivity index (χ4n) is 2.63. The van der Waals surface area contributed by atoms with Crippen molar-refractivity contribution in [2.24, 2.45) is 0 Å². The van der Waals surface area contributed by atoms with Gasteiger partial charge in [-0.15, -0.1) is 0 Å². The predicted molar refractivity (Wildman–Crippen MR) is 73.4 cm³/mol. The molecule has 19 heavy (non-hydrogen) atoms. The fourth-order valence-corrected chi connectivity index (χ4v) is 2.63. The van der Waals surface area contributed by atoms with Gasteiger partial charge in [0.2, 0.25) is 5.91 Å². The van der Waals surface area contributed by atoms with E-state index in [9.17, 15) is 9.59 Å². The van der Waals surface area contributed by atoms with Gasteiger partial charge in [0, 0.05) is 35.2 Å². The molecule has 0 radical (unpaired) electrons. The van der Waals surface area contributed by atoms with Crippen LogP contribution in [0, 0.1) is 6.92 Å². The molecule has 0 saturated carbocycles. The molecule has 0 aliphatic carbocycles. The Morgan fingerprint density at radius 1 is 1.32 bits per heavy atom. The molecule has 0 bridgehead atoms. The largest absolute Gasteiger partial charge is 0.358 e. The smallest absolute Gasteiger partial charge is 0.253 e. The van der Waals surface area contributed by atoms with Gasteiger partial charge in [-0.2, -0.15) is 0 Å². The van der Waals surface area contributed by atoms with Gasteiger partial charge in [-0.25, -0.2) is 0 Å². The zero-order chi connectivity index (χ0) is 13.6. The number of H-pyrrole nitrogens is 1. The molecule has 1 aliphatic rings. The molecule has 1 N–H and O–H groups in total. The first-order valence-electron chi connectivity index (χ1n) is 6.18. The van der Waals surface area contributed by atoms with Gasteiger partial charge in [0.15, 0.2) is 0 Å². The van der Waals surface area contributed by atoms with E-state index in [-0.39, 0.29) is 11.8 Å². The highest BCUT2D eigenvalue weighted by Gasteiger charge is 2.27. The standard InChI is InChI=1S/C15H14N2O2/c1-9-15(12-5-3-4-6-13(12)16-9)11-7-14(19)17(8-11)10(2)18/h3-7,16H,8H2,1-2H3. The number of hydrogen-bond donors (Lipinski definition) is 1. The first-order chi connectivity index (χ1) is 9.08. The number of hydrogen-bond acceptors (Lipinski definition) is 2. The van der Waals surface area contributed by atoms with Crippen molar-refractivity contribution in [3.05, 3.63) is 41.6 Å². The van der Waals surface area contributed by atoms with Gasteiger partial charge in [0.1, 0.15) is 0 Å². The van der Waals surface area contributed by atoms with E-state index in [1.165, 1.54) is 11.8 Å². The fraction of sp³-hybridized carbons (Fsp3) is 0.200. The summed E-state index contributed by atoms with van der Waals surface area (Å²) in [6.45, 7) is 3.75. The lowest BCUT2D eigenvalue weighted by atomic mass is 10.0. The molecule has 2 heterocycles. The number of imide groups is 1. The third kappa shape index (κ3) is 1.76. The Morgan fingerprint density at radius 3 is 2.74 bits per heavy atom. The van der Waals surface area contributed by atoms with Crippen molar-refractivity contribution in [3.8, 4) is 0 Å². The number of benzene rings is 1. The van der Waals surface area contributed by atoms with Gasteiger partial charge in [-0.3, -0.25) is 14.5 Å². The van der Waals surface area contributed by atoms with Crippen molar-refractivity contribution < 1.29 is 9.59 Å². The number of aromatic amines is 1. The first-order valence-corrected chi connectivity index (χ1v) is 6.18. The van der Waals surface area contributed by atoms with Crippen molar-refractivity contribution in [1.82, 2.24) is 9.88 Å². The molecule has 3 rings (SSSR count). The van der Waals surface area contributed by atoms with Crippen LogP contribution in [0.15, 0.2) is 30.3 Å². The number of amides is 2. The SMILES string of the molecule is CC(=O)N1CC(c2c(C)[nH]c3ccccc23)=CC1=O. The van der Waals surface area contributed by atoms with Crippen LogP contribution in [0.4, 0.5) is 0 Å². The Bertz CT molecular complexity index is 725.